The number of benzene rings is 3. The highest BCUT2D eigenvalue weighted by Gasteiger charge is 2.20. The molecule has 1 heterocycles. The van der Waals surface area contributed by atoms with Crippen molar-refractivity contribution in [1.29, 1.82) is 0 Å². The van der Waals surface area contributed by atoms with Crippen molar-refractivity contribution in [2.24, 2.45) is 0 Å². The number of esters is 1. The van der Waals surface area contributed by atoms with E-state index in [2.05, 4.69) is 10.2 Å². The van der Waals surface area contributed by atoms with E-state index in [0.717, 1.165) is 32.4 Å². The van der Waals surface area contributed by atoms with Crippen molar-refractivity contribution in [3.05, 3.63) is 66.0 Å². The van der Waals surface area contributed by atoms with Crippen molar-refractivity contribution in [2.45, 2.75) is 45.6 Å². The first kappa shape index (κ1) is 23.5. The summed E-state index contributed by atoms with van der Waals surface area (Å²) < 4.78 is 25.4. The molecule has 0 aromatic heterocycles. The van der Waals surface area contributed by atoms with E-state index in [1.54, 1.807) is 45.0 Å². The Hall–Kier alpha value is -3.61. The second-order valence-corrected chi connectivity index (χ2v) is 9.42. The number of amides is 1. The zero-order valence-electron chi connectivity index (χ0n) is 19.7. The maximum absolute atomic E-state index is 14.3. The number of anilines is 2. The molecule has 3 aromatic rings. The predicted molar refractivity (Wildman–Crippen MR) is 131 cm³/mol. The number of piperidine rings is 1. The highest BCUT2D eigenvalue weighted by atomic mass is 19.1. The van der Waals surface area contributed by atoms with Gasteiger partial charge in [-0.3, -0.25) is 5.32 Å². The van der Waals surface area contributed by atoms with Crippen LogP contribution in [0.5, 0.6) is 5.75 Å². The third kappa shape index (κ3) is 5.65. The standard InChI is InChI=1S/C27H29FN2O4/c1-27(2,3)34-26(32)29-23-11-12-24(22-10-6-5-9-21(22)23)33-25(31)18-15-19(28)17-20(16-18)30-13-7-4-8-14-30/h5-6,9-12,15-17H,4,7-8,13-14H2,1-3H3,(H,29,32). The van der Waals surface area contributed by atoms with E-state index in [9.17, 15) is 14.0 Å². The Balaban J connectivity index is 1.58. The van der Waals surface area contributed by atoms with Gasteiger partial charge in [0.15, 0.2) is 0 Å². The van der Waals surface area contributed by atoms with E-state index in [4.69, 9.17) is 9.47 Å². The van der Waals surface area contributed by atoms with Crippen LogP contribution in [0.25, 0.3) is 10.8 Å². The molecule has 1 saturated heterocycles. The Kier molecular flexibility index (Phi) is 6.72. The third-order valence-electron chi connectivity index (χ3n) is 5.56. The predicted octanol–water partition coefficient (Wildman–Crippen LogP) is 6.54. The number of nitrogens with one attached hydrogen (secondary N) is 1. The summed E-state index contributed by atoms with van der Waals surface area (Å²) in [5.41, 5.74) is 0.740. The van der Waals surface area contributed by atoms with Crippen LogP contribution >= 0.6 is 0 Å². The van der Waals surface area contributed by atoms with Gasteiger partial charge in [-0.1, -0.05) is 24.3 Å². The smallest absolute Gasteiger partial charge is 0.412 e. The van der Waals surface area contributed by atoms with Gasteiger partial charge in [-0.05, 0) is 70.4 Å². The lowest BCUT2D eigenvalue weighted by atomic mass is 10.1. The van der Waals surface area contributed by atoms with Crippen molar-refractivity contribution in [3.8, 4) is 5.75 Å². The molecule has 0 spiro atoms. The molecule has 0 radical (unpaired) electrons. The topological polar surface area (TPSA) is 67.9 Å². The number of ether oxygens (including phenoxy) is 2. The molecule has 1 aliphatic heterocycles. The summed E-state index contributed by atoms with van der Waals surface area (Å²) in [5, 5.41) is 4.07. The molecule has 6 nitrogen and oxygen atoms in total. The SMILES string of the molecule is CC(C)(C)OC(=O)Nc1ccc(OC(=O)c2cc(F)cc(N3CCCCC3)c2)c2ccccc12. The van der Waals surface area contributed by atoms with Gasteiger partial charge < -0.3 is 14.4 Å². The van der Waals surface area contributed by atoms with Gasteiger partial charge in [-0.15, -0.1) is 0 Å². The highest BCUT2D eigenvalue weighted by Crippen LogP contribution is 2.33. The number of hydrogen-bond acceptors (Lipinski definition) is 5. The Bertz CT molecular complexity index is 1210. The average molecular weight is 465 g/mol. The van der Waals surface area contributed by atoms with Crippen molar-refractivity contribution in [3.63, 3.8) is 0 Å². The minimum Gasteiger partial charge on any atom is -0.444 e. The molecule has 1 amide bonds. The van der Waals surface area contributed by atoms with Gasteiger partial charge in [-0.2, -0.15) is 0 Å². The van der Waals surface area contributed by atoms with Crippen LogP contribution < -0.4 is 15.0 Å². The van der Waals surface area contributed by atoms with Crippen molar-refractivity contribution < 1.29 is 23.5 Å². The summed E-state index contributed by atoms with van der Waals surface area (Å²) in [6.45, 7) is 7.05. The Morgan fingerprint density at radius 2 is 1.65 bits per heavy atom. The molecule has 4 rings (SSSR count). The Morgan fingerprint density at radius 1 is 0.941 bits per heavy atom. The second-order valence-electron chi connectivity index (χ2n) is 9.42. The summed E-state index contributed by atoms with van der Waals surface area (Å²) in [6, 6.07) is 14.8. The summed E-state index contributed by atoms with van der Waals surface area (Å²) in [5.74, 6) is -0.799. The van der Waals surface area contributed by atoms with Crippen molar-refractivity contribution >= 4 is 34.2 Å². The van der Waals surface area contributed by atoms with Gasteiger partial charge in [-0.25, -0.2) is 14.0 Å². The first-order valence-electron chi connectivity index (χ1n) is 11.5. The maximum Gasteiger partial charge on any atom is 0.412 e. The van der Waals surface area contributed by atoms with Crippen LogP contribution in [-0.2, 0) is 4.74 Å². The molecule has 0 bridgehead atoms. The summed E-state index contributed by atoms with van der Waals surface area (Å²) in [4.78, 5) is 27.3. The van der Waals surface area contributed by atoms with Gasteiger partial charge in [0.1, 0.15) is 17.2 Å². The first-order valence-corrected chi connectivity index (χ1v) is 11.5. The highest BCUT2D eigenvalue weighted by molar-refractivity contribution is 6.04. The molecule has 0 saturated carbocycles. The quantitative estimate of drug-likeness (QED) is 0.351. The molecule has 0 aliphatic carbocycles. The molecule has 34 heavy (non-hydrogen) atoms. The zero-order valence-corrected chi connectivity index (χ0v) is 19.7. The largest absolute Gasteiger partial charge is 0.444 e. The third-order valence-corrected chi connectivity index (χ3v) is 5.56. The number of rotatable bonds is 4. The van der Waals surface area contributed by atoms with Crippen LogP contribution in [-0.4, -0.2) is 30.8 Å². The number of carbonyl (C=O) groups is 2. The van der Waals surface area contributed by atoms with Gasteiger partial charge in [0.25, 0.3) is 0 Å². The lowest BCUT2D eigenvalue weighted by Gasteiger charge is -2.29. The molecule has 1 fully saturated rings. The molecular weight excluding hydrogens is 435 g/mol. The van der Waals surface area contributed by atoms with E-state index < -0.39 is 23.5 Å². The fourth-order valence-electron chi connectivity index (χ4n) is 4.07. The summed E-state index contributed by atoms with van der Waals surface area (Å²) in [7, 11) is 0. The van der Waals surface area contributed by atoms with Gasteiger partial charge in [0.05, 0.1) is 11.3 Å². The van der Waals surface area contributed by atoms with Gasteiger partial charge >= 0.3 is 12.1 Å². The second kappa shape index (κ2) is 9.71. The van der Waals surface area contributed by atoms with Crippen molar-refractivity contribution in [2.75, 3.05) is 23.3 Å². The maximum atomic E-state index is 14.3. The molecule has 0 unspecified atom stereocenters. The average Bonchev–Trinajstić information content (AvgIpc) is 2.79. The Labute approximate surface area is 198 Å². The summed E-state index contributed by atoms with van der Waals surface area (Å²) >= 11 is 0. The van der Waals surface area contributed by atoms with Gasteiger partial charge in [0.2, 0.25) is 0 Å². The van der Waals surface area contributed by atoms with Crippen molar-refractivity contribution in [1.82, 2.24) is 0 Å². The van der Waals surface area contributed by atoms with Gasteiger partial charge in [0, 0.05) is 29.5 Å². The minimum atomic E-state index is -0.643. The molecular formula is C27H29FN2O4. The molecule has 0 atom stereocenters. The Morgan fingerprint density at radius 3 is 2.35 bits per heavy atom. The summed E-state index contributed by atoms with van der Waals surface area (Å²) in [6.07, 6.45) is 2.68. The van der Waals surface area contributed by atoms with Crippen LogP contribution in [0.2, 0.25) is 0 Å². The monoisotopic (exact) mass is 464 g/mol. The molecule has 1 N–H and O–H groups in total. The van der Waals surface area contributed by atoms with E-state index in [1.807, 2.05) is 18.2 Å². The fourth-order valence-corrected chi connectivity index (χ4v) is 4.07. The van der Waals surface area contributed by atoms with Crippen LogP contribution in [0.15, 0.2) is 54.6 Å². The number of hydrogen-bond donors (Lipinski definition) is 1. The normalized spacial score (nSPS) is 14.1. The van der Waals surface area contributed by atoms with Crippen LogP contribution in [0.4, 0.5) is 20.6 Å². The zero-order chi connectivity index (χ0) is 24.3. The number of nitrogens with zero attached hydrogens (tertiary/aromatic N) is 1. The molecule has 178 valence electrons. The van der Waals surface area contributed by atoms with E-state index >= 15 is 0 Å². The lowest BCUT2D eigenvalue weighted by Crippen LogP contribution is -2.29. The van der Waals surface area contributed by atoms with Crippen LogP contribution in [0.3, 0.4) is 0 Å². The molecule has 1 aliphatic rings. The van der Waals surface area contributed by atoms with E-state index in [0.29, 0.717) is 27.9 Å². The number of carbonyl (C=O) groups excluding carboxylic acids is 2. The minimum absolute atomic E-state index is 0.153. The number of halogens is 1. The van der Waals surface area contributed by atoms with E-state index in [1.165, 1.54) is 12.1 Å². The lowest BCUT2D eigenvalue weighted by molar-refractivity contribution is 0.0635. The fraction of sp³-hybridized carbons (Fsp3) is 0.333. The van der Waals surface area contributed by atoms with Crippen LogP contribution in [0.1, 0.15) is 50.4 Å². The first-order chi connectivity index (χ1) is 16.2. The molecule has 3 aromatic carbocycles. The van der Waals surface area contributed by atoms with E-state index in [-0.39, 0.29) is 5.56 Å². The van der Waals surface area contributed by atoms with Crippen LogP contribution in [0, 0.1) is 5.82 Å². The number of fused-ring (bicyclic) bond motifs is 1. The molecule has 7 heteroatoms.